The third kappa shape index (κ3) is 3.01. The van der Waals surface area contributed by atoms with Crippen LogP contribution in [0.1, 0.15) is 12.0 Å². The van der Waals surface area contributed by atoms with E-state index in [1.165, 1.54) is 6.07 Å². The third-order valence-corrected chi connectivity index (χ3v) is 3.14. The van der Waals surface area contributed by atoms with E-state index < -0.39 is 23.4 Å². The zero-order chi connectivity index (χ0) is 14.0. The Bertz CT molecular complexity index is 479. The van der Waals surface area contributed by atoms with Crippen LogP contribution in [0.25, 0.3) is 0 Å². The van der Waals surface area contributed by atoms with Gasteiger partial charge in [0.15, 0.2) is 0 Å². The molecule has 7 heteroatoms. The number of hydrogen-bond donors (Lipinski definition) is 3. The normalized spacial score (nSPS) is 26.4. The molecule has 1 saturated heterocycles. The van der Waals surface area contributed by atoms with E-state index in [9.17, 15) is 15.2 Å². The number of nitro benzene ring substituents is 1. The first kappa shape index (κ1) is 13.7. The SMILES string of the molecule is Cc1ccc(NC2CC(O)C(CO)O2)cc1[N+](=O)[O-]. The molecule has 104 valence electrons. The Morgan fingerprint density at radius 1 is 1.58 bits per heavy atom. The van der Waals surface area contributed by atoms with Crippen LogP contribution in [0.15, 0.2) is 18.2 Å². The Balaban J connectivity index is 2.08. The van der Waals surface area contributed by atoms with E-state index in [4.69, 9.17) is 9.84 Å². The molecule has 2 rings (SSSR count). The van der Waals surface area contributed by atoms with Gasteiger partial charge in [-0.15, -0.1) is 0 Å². The molecule has 0 aliphatic carbocycles. The minimum absolute atomic E-state index is 0.0299. The van der Waals surface area contributed by atoms with Gasteiger partial charge in [0.1, 0.15) is 12.3 Å². The molecule has 1 aromatic rings. The molecule has 1 heterocycles. The summed E-state index contributed by atoms with van der Waals surface area (Å²) in [4.78, 5) is 10.4. The highest BCUT2D eigenvalue weighted by Crippen LogP contribution is 2.26. The van der Waals surface area contributed by atoms with Gasteiger partial charge in [0.25, 0.3) is 5.69 Å². The van der Waals surface area contributed by atoms with Crippen LogP contribution >= 0.6 is 0 Å². The van der Waals surface area contributed by atoms with Gasteiger partial charge in [0, 0.05) is 23.7 Å². The number of rotatable bonds is 4. The molecular formula is C12H16N2O5. The minimum atomic E-state index is -0.733. The number of aliphatic hydroxyl groups excluding tert-OH is 2. The first-order chi connectivity index (χ1) is 9.01. The van der Waals surface area contributed by atoms with Crippen molar-refractivity contribution in [2.45, 2.75) is 31.8 Å². The van der Waals surface area contributed by atoms with Crippen molar-refractivity contribution < 1.29 is 19.9 Å². The van der Waals surface area contributed by atoms with Crippen LogP contribution in [-0.4, -0.2) is 40.2 Å². The standard InChI is InChI=1S/C12H16N2O5/c1-7-2-3-8(4-9(7)14(17)18)13-12-5-10(16)11(6-15)19-12/h2-4,10-13,15-16H,5-6H2,1H3. The molecule has 3 atom stereocenters. The summed E-state index contributed by atoms with van der Waals surface area (Å²) in [6, 6.07) is 4.79. The van der Waals surface area contributed by atoms with E-state index in [1.54, 1.807) is 19.1 Å². The van der Waals surface area contributed by atoms with Crippen molar-refractivity contribution in [3.63, 3.8) is 0 Å². The number of aliphatic hydroxyl groups is 2. The average molecular weight is 268 g/mol. The zero-order valence-electron chi connectivity index (χ0n) is 10.4. The predicted molar refractivity (Wildman–Crippen MR) is 67.8 cm³/mol. The molecule has 0 radical (unpaired) electrons. The predicted octanol–water partition coefficient (Wildman–Crippen LogP) is 0.783. The highest BCUT2D eigenvalue weighted by Gasteiger charge is 2.33. The number of nitrogens with one attached hydrogen (secondary N) is 1. The molecule has 19 heavy (non-hydrogen) atoms. The topological polar surface area (TPSA) is 105 Å². The summed E-state index contributed by atoms with van der Waals surface area (Å²) in [7, 11) is 0. The summed E-state index contributed by atoms with van der Waals surface area (Å²) in [5.41, 5.74) is 1.16. The lowest BCUT2D eigenvalue weighted by molar-refractivity contribution is -0.385. The quantitative estimate of drug-likeness (QED) is 0.550. The maximum absolute atomic E-state index is 10.8. The molecule has 1 aliphatic heterocycles. The number of aryl methyl sites for hydroxylation is 1. The van der Waals surface area contributed by atoms with E-state index in [0.29, 0.717) is 17.7 Å². The highest BCUT2D eigenvalue weighted by atomic mass is 16.6. The Morgan fingerprint density at radius 2 is 2.32 bits per heavy atom. The molecule has 1 fully saturated rings. The van der Waals surface area contributed by atoms with Gasteiger partial charge in [-0.3, -0.25) is 10.1 Å². The van der Waals surface area contributed by atoms with Crippen LogP contribution in [0.3, 0.4) is 0 Å². The van der Waals surface area contributed by atoms with Gasteiger partial charge in [0.05, 0.1) is 17.6 Å². The fraction of sp³-hybridized carbons (Fsp3) is 0.500. The molecular weight excluding hydrogens is 252 g/mol. The number of nitro groups is 1. The van der Waals surface area contributed by atoms with Crippen LogP contribution in [-0.2, 0) is 4.74 Å². The number of nitrogens with zero attached hydrogens (tertiary/aromatic N) is 1. The molecule has 3 N–H and O–H groups in total. The maximum atomic E-state index is 10.8. The van der Waals surface area contributed by atoms with Crippen molar-refractivity contribution >= 4 is 11.4 Å². The second kappa shape index (κ2) is 5.52. The Morgan fingerprint density at radius 3 is 2.89 bits per heavy atom. The maximum Gasteiger partial charge on any atom is 0.274 e. The summed E-state index contributed by atoms with van der Waals surface area (Å²) in [5.74, 6) is 0. The van der Waals surface area contributed by atoms with Crippen LogP contribution < -0.4 is 5.32 Å². The van der Waals surface area contributed by atoms with Gasteiger partial charge in [0.2, 0.25) is 0 Å². The highest BCUT2D eigenvalue weighted by molar-refractivity contribution is 5.55. The average Bonchev–Trinajstić information content (AvgIpc) is 2.71. The smallest absolute Gasteiger partial charge is 0.274 e. The molecule has 0 bridgehead atoms. The van der Waals surface area contributed by atoms with Crippen LogP contribution in [0, 0.1) is 17.0 Å². The van der Waals surface area contributed by atoms with Gasteiger partial charge in [-0.05, 0) is 13.0 Å². The van der Waals surface area contributed by atoms with E-state index in [2.05, 4.69) is 5.32 Å². The molecule has 7 nitrogen and oxygen atoms in total. The second-order valence-corrected chi connectivity index (χ2v) is 4.55. The summed E-state index contributed by atoms with van der Waals surface area (Å²) < 4.78 is 5.38. The summed E-state index contributed by atoms with van der Waals surface area (Å²) in [6.07, 6.45) is -1.48. The number of anilines is 1. The monoisotopic (exact) mass is 268 g/mol. The van der Waals surface area contributed by atoms with E-state index in [0.717, 1.165) is 0 Å². The Kier molecular flexibility index (Phi) is 3.98. The van der Waals surface area contributed by atoms with Crippen molar-refractivity contribution in [3.05, 3.63) is 33.9 Å². The number of ether oxygens (including phenoxy) is 1. The zero-order valence-corrected chi connectivity index (χ0v) is 10.4. The van der Waals surface area contributed by atoms with Gasteiger partial charge < -0.3 is 20.3 Å². The fourth-order valence-corrected chi connectivity index (χ4v) is 2.07. The van der Waals surface area contributed by atoms with Crippen molar-refractivity contribution in [1.82, 2.24) is 0 Å². The van der Waals surface area contributed by atoms with Gasteiger partial charge in [-0.25, -0.2) is 0 Å². The fourth-order valence-electron chi connectivity index (χ4n) is 2.07. The lowest BCUT2D eigenvalue weighted by atomic mass is 10.1. The third-order valence-electron chi connectivity index (χ3n) is 3.14. The Labute approximate surface area is 110 Å². The first-order valence-corrected chi connectivity index (χ1v) is 5.97. The van der Waals surface area contributed by atoms with Crippen LogP contribution in [0.5, 0.6) is 0 Å². The van der Waals surface area contributed by atoms with Gasteiger partial charge >= 0.3 is 0 Å². The summed E-state index contributed by atoms with van der Waals surface area (Å²) in [5, 5.41) is 32.4. The summed E-state index contributed by atoms with van der Waals surface area (Å²) in [6.45, 7) is 1.41. The Hall–Kier alpha value is -1.70. The van der Waals surface area contributed by atoms with Crippen LogP contribution in [0.2, 0.25) is 0 Å². The van der Waals surface area contributed by atoms with Gasteiger partial charge in [-0.2, -0.15) is 0 Å². The van der Waals surface area contributed by atoms with Gasteiger partial charge in [-0.1, -0.05) is 6.07 Å². The number of hydrogen-bond acceptors (Lipinski definition) is 6. The lowest BCUT2D eigenvalue weighted by Gasteiger charge is -2.15. The summed E-state index contributed by atoms with van der Waals surface area (Å²) >= 11 is 0. The lowest BCUT2D eigenvalue weighted by Crippen LogP contribution is -2.25. The van der Waals surface area contributed by atoms with Crippen LogP contribution in [0.4, 0.5) is 11.4 Å². The minimum Gasteiger partial charge on any atom is -0.394 e. The van der Waals surface area contributed by atoms with Crippen molar-refractivity contribution in [1.29, 1.82) is 0 Å². The molecule has 0 aromatic heterocycles. The van der Waals surface area contributed by atoms with E-state index in [1.807, 2.05) is 0 Å². The first-order valence-electron chi connectivity index (χ1n) is 5.97. The van der Waals surface area contributed by atoms with Crippen molar-refractivity contribution in [3.8, 4) is 0 Å². The molecule has 1 aromatic carbocycles. The number of benzene rings is 1. The second-order valence-electron chi connectivity index (χ2n) is 4.55. The van der Waals surface area contributed by atoms with E-state index >= 15 is 0 Å². The molecule has 3 unspecified atom stereocenters. The largest absolute Gasteiger partial charge is 0.394 e. The molecule has 0 amide bonds. The molecule has 0 saturated carbocycles. The molecule has 0 spiro atoms. The van der Waals surface area contributed by atoms with Crippen molar-refractivity contribution in [2.24, 2.45) is 0 Å². The molecule has 1 aliphatic rings. The van der Waals surface area contributed by atoms with Crippen molar-refractivity contribution in [2.75, 3.05) is 11.9 Å². The van der Waals surface area contributed by atoms with E-state index in [-0.39, 0.29) is 12.3 Å².